The lowest BCUT2D eigenvalue weighted by Crippen LogP contribution is -2.31. The highest BCUT2D eigenvalue weighted by Gasteiger charge is 2.31. The van der Waals surface area contributed by atoms with Crippen molar-refractivity contribution in [1.29, 1.82) is 0 Å². The van der Waals surface area contributed by atoms with Gasteiger partial charge in [0.25, 0.3) is 5.24 Å². The number of nitrogens with zero attached hydrogens (tertiary/aromatic N) is 1. The van der Waals surface area contributed by atoms with Crippen LogP contribution in [0.25, 0.3) is 0 Å². The Morgan fingerprint density at radius 1 is 1.03 bits per heavy atom. The molecule has 8 heteroatoms. The molecule has 1 saturated heterocycles. The quantitative estimate of drug-likeness (QED) is 0.660. The smallest absolute Gasteiger partial charge is 0.409 e. The fourth-order valence-electron chi connectivity index (χ4n) is 2.89. The van der Waals surface area contributed by atoms with E-state index in [1.807, 2.05) is 54.6 Å². The summed E-state index contributed by atoms with van der Waals surface area (Å²) in [5, 5.41) is 2.19. The van der Waals surface area contributed by atoms with Crippen molar-refractivity contribution in [2.75, 3.05) is 26.8 Å². The van der Waals surface area contributed by atoms with Crippen LogP contribution in [-0.2, 0) is 22.4 Å². The number of hydrogen-bond donors (Lipinski definition) is 1. The van der Waals surface area contributed by atoms with Crippen molar-refractivity contribution in [2.45, 2.75) is 18.9 Å². The molecule has 0 aliphatic carbocycles. The summed E-state index contributed by atoms with van der Waals surface area (Å²) in [6.45, 7) is 1.06. The van der Waals surface area contributed by atoms with Gasteiger partial charge in [-0.15, -0.1) is 0 Å². The van der Waals surface area contributed by atoms with Gasteiger partial charge in [0.1, 0.15) is 18.4 Å². The van der Waals surface area contributed by atoms with Crippen molar-refractivity contribution in [3.8, 4) is 5.75 Å². The molecule has 7 nitrogen and oxygen atoms in total. The molecule has 1 unspecified atom stereocenters. The second-order valence-electron chi connectivity index (χ2n) is 6.87. The van der Waals surface area contributed by atoms with Crippen LogP contribution in [0, 0.1) is 0 Å². The van der Waals surface area contributed by atoms with Gasteiger partial charge in [0.2, 0.25) is 5.12 Å². The van der Waals surface area contributed by atoms with Gasteiger partial charge in [-0.2, -0.15) is 0 Å². The normalized spacial score (nSPS) is 15.6. The van der Waals surface area contributed by atoms with Gasteiger partial charge >= 0.3 is 6.09 Å². The van der Waals surface area contributed by atoms with Gasteiger partial charge in [0.15, 0.2) is 0 Å². The zero-order chi connectivity index (χ0) is 21.3. The van der Waals surface area contributed by atoms with Gasteiger partial charge in [0, 0.05) is 31.7 Å². The molecule has 1 aliphatic rings. The number of ether oxygens (including phenoxy) is 2. The van der Waals surface area contributed by atoms with Crippen LogP contribution in [0.4, 0.5) is 9.59 Å². The summed E-state index contributed by atoms with van der Waals surface area (Å²) in [7, 11) is 1.67. The van der Waals surface area contributed by atoms with E-state index in [1.165, 1.54) is 4.90 Å². The Bertz CT molecular complexity index is 873. The molecule has 2 aromatic rings. The summed E-state index contributed by atoms with van der Waals surface area (Å²) in [6, 6.07) is 16.7. The fourth-order valence-corrected chi connectivity index (χ4v) is 3.56. The average Bonchev–Trinajstić information content (AvgIpc) is 3.06. The minimum atomic E-state index is -0.476. The summed E-state index contributed by atoms with van der Waals surface area (Å²) < 4.78 is 11.0. The first-order chi connectivity index (χ1) is 14.5. The Labute approximate surface area is 179 Å². The Hall–Kier alpha value is -3.00. The number of likely N-dealkylation sites (N-methyl/N-ethyl adjacent to an activating group) is 1. The SMILES string of the molecule is CN(CCOc1ccc(CC2NC(=O)SC2=O)cc1)C(=O)OCCc1ccccc1. The van der Waals surface area contributed by atoms with Gasteiger partial charge < -0.3 is 19.7 Å². The number of benzene rings is 2. The molecular weight excluding hydrogens is 404 g/mol. The summed E-state index contributed by atoms with van der Waals surface area (Å²) in [4.78, 5) is 36.4. The number of amides is 2. The van der Waals surface area contributed by atoms with Crippen LogP contribution in [0.1, 0.15) is 11.1 Å². The number of carbonyl (C=O) groups is 3. The molecule has 2 aromatic carbocycles. The second kappa shape index (κ2) is 10.7. The van der Waals surface area contributed by atoms with Gasteiger partial charge in [-0.05, 0) is 23.3 Å². The lowest BCUT2D eigenvalue weighted by Gasteiger charge is -2.17. The van der Waals surface area contributed by atoms with Crippen molar-refractivity contribution in [3.63, 3.8) is 0 Å². The van der Waals surface area contributed by atoms with Crippen molar-refractivity contribution in [3.05, 3.63) is 65.7 Å². The molecule has 0 radical (unpaired) electrons. The highest BCUT2D eigenvalue weighted by Crippen LogP contribution is 2.20. The highest BCUT2D eigenvalue weighted by molar-refractivity contribution is 8.26. The molecule has 2 amide bonds. The first-order valence-corrected chi connectivity index (χ1v) is 10.5. The van der Waals surface area contributed by atoms with E-state index in [2.05, 4.69) is 5.32 Å². The fraction of sp³-hybridized carbons (Fsp3) is 0.318. The predicted octanol–water partition coefficient (Wildman–Crippen LogP) is 3.27. The first-order valence-electron chi connectivity index (χ1n) is 9.67. The van der Waals surface area contributed by atoms with Crippen LogP contribution < -0.4 is 10.1 Å². The zero-order valence-corrected chi connectivity index (χ0v) is 17.5. The van der Waals surface area contributed by atoms with Gasteiger partial charge in [0.05, 0.1) is 13.2 Å². The van der Waals surface area contributed by atoms with Crippen LogP contribution in [0.15, 0.2) is 54.6 Å². The van der Waals surface area contributed by atoms with Gasteiger partial charge in [-0.25, -0.2) is 4.79 Å². The standard InChI is InChI=1S/C22H24N2O5S/c1-24(22(27)29-13-11-16-5-3-2-4-6-16)12-14-28-18-9-7-17(8-10-18)15-19-20(25)30-21(26)23-19/h2-10,19H,11-15H2,1H3,(H,23,26). The molecule has 30 heavy (non-hydrogen) atoms. The Morgan fingerprint density at radius 2 is 1.77 bits per heavy atom. The molecule has 1 atom stereocenters. The monoisotopic (exact) mass is 428 g/mol. The number of carbonyl (C=O) groups excluding carboxylic acids is 3. The molecule has 158 valence electrons. The molecule has 0 aromatic heterocycles. The van der Waals surface area contributed by atoms with Crippen molar-refractivity contribution < 1.29 is 23.9 Å². The van der Waals surface area contributed by atoms with E-state index in [0.29, 0.717) is 50.1 Å². The maximum absolute atomic E-state index is 12.0. The van der Waals surface area contributed by atoms with E-state index in [4.69, 9.17) is 9.47 Å². The summed E-state index contributed by atoms with van der Waals surface area (Å²) >= 11 is 0.715. The van der Waals surface area contributed by atoms with E-state index < -0.39 is 6.04 Å². The van der Waals surface area contributed by atoms with Crippen molar-refractivity contribution in [2.24, 2.45) is 0 Å². The average molecular weight is 429 g/mol. The molecule has 3 rings (SSSR count). The topological polar surface area (TPSA) is 84.9 Å². The van der Waals surface area contributed by atoms with Crippen LogP contribution in [0.3, 0.4) is 0 Å². The summed E-state index contributed by atoms with van der Waals surface area (Å²) in [5.41, 5.74) is 2.06. The van der Waals surface area contributed by atoms with E-state index >= 15 is 0 Å². The highest BCUT2D eigenvalue weighted by atomic mass is 32.2. The van der Waals surface area contributed by atoms with Gasteiger partial charge in [-0.3, -0.25) is 9.59 Å². The molecule has 0 bridgehead atoms. The third kappa shape index (κ3) is 6.52. The Balaban J connectivity index is 1.34. The molecular formula is C22H24N2O5S. The zero-order valence-electron chi connectivity index (χ0n) is 16.7. The van der Waals surface area contributed by atoms with Crippen LogP contribution >= 0.6 is 11.8 Å². The minimum absolute atomic E-state index is 0.154. The summed E-state index contributed by atoms with van der Waals surface area (Å²) in [5.74, 6) is 0.667. The Morgan fingerprint density at radius 3 is 2.43 bits per heavy atom. The van der Waals surface area contributed by atoms with E-state index in [1.54, 1.807) is 7.05 Å². The summed E-state index contributed by atoms with van der Waals surface area (Å²) in [6.07, 6.45) is 0.749. The predicted molar refractivity (Wildman–Crippen MR) is 115 cm³/mol. The molecule has 1 aliphatic heterocycles. The third-order valence-corrected chi connectivity index (χ3v) is 5.39. The third-order valence-electron chi connectivity index (χ3n) is 4.60. The van der Waals surface area contributed by atoms with Gasteiger partial charge in [-0.1, -0.05) is 42.5 Å². The number of thioether (sulfide) groups is 1. The van der Waals surface area contributed by atoms with E-state index in [9.17, 15) is 14.4 Å². The van der Waals surface area contributed by atoms with E-state index in [-0.39, 0.29) is 16.4 Å². The largest absolute Gasteiger partial charge is 0.492 e. The second-order valence-corrected chi connectivity index (χ2v) is 7.85. The molecule has 1 N–H and O–H groups in total. The van der Waals surface area contributed by atoms with Crippen LogP contribution in [0.5, 0.6) is 5.75 Å². The Kier molecular flexibility index (Phi) is 7.73. The van der Waals surface area contributed by atoms with Crippen molar-refractivity contribution in [1.82, 2.24) is 10.2 Å². The maximum Gasteiger partial charge on any atom is 0.409 e. The molecule has 1 fully saturated rings. The maximum atomic E-state index is 12.0. The van der Waals surface area contributed by atoms with Crippen LogP contribution in [0.2, 0.25) is 0 Å². The first kappa shape index (κ1) is 21.7. The molecule has 1 heterocycles. The molecule has 0 saturated carbocycles. The van der Waals surface area contributed by atoms with Crippen molar-refractivity contribution >= 4 is 28.2 Å². The number of nitrogens with one attached hydrogen (secondary N) is 1. The minimum Gasteiger partial charge on any atom is -0.492 e. The lowest BCUT2D eigenvalue weighted by molar-refractivity contribution is -0.112. The lowest BCUT2D eigenvalue weighted by atomic mass is 10.1. The number of hydrogen-bond acceptors (Lipinski definition) is 6. The van der Waals surface area contributed by atoms with Crippen LogP contribution in [-0.4, -0.2) is 54.2 Å². The number of rotatable bonds is 9. The van der Waals surface area contributed by atoms with E-state index in [0.717, 1.165) is 11.1 Å². The molecule has 0 spiro atoms.